The summed E-state index contributed by atoms with van der Waals surface area (Å²) in [5.41, 5.74) is 0.534. The lowest BCUT2D eigenvalue weighted by Gasteiger charge is -2.31. The van der Waals surface area contributed by atoms with Crippen LogP contribution in [0.1, 0.15) is 45.4 Å². The summed E-state index contributed by atoms with van der Waals surface area (Å²) in [6.45, 7) is 5.40. The minimum atomic E-state index is -0.187. The second kappa shape index (κ2) is 4.15. The molecule has 0 N–H and O–H groups in total. The molecule has 2 bridgehead atoms. The number of rotatable bonds is 2. The summed E-state index contributed by atoms with van der Waals surface area (Å²) in [6.07, 6.45) is 8.17. The van der Waals surface area contributed by atoms with Crippen LogP contribution in [0.5, 0.6) is 0 Å². The zero-order chi connectivity index (χ0) is 12.0. The van der Waals surface area contributed by atoms with Crippen molar-refractivity contribution in [3.63, 3.8) is 0 Å². The third-order valence-corrected chi connectivity index (χ3v) is 5.20. The molecular weight excluding hydrogens is 212 g/mol. The van der Waals surface area contributed by atoms with Gasteiger partial charge in [0.1, 0.15) is 6.10 Å². The topological polar surface area (TPSA) is 26.3 Å². The number of hydrogen-bond acceptors (Lipinski definition) is 2. The van der Waals surface area contributed by atoms with Crippen molar-refractivity contribution >= 4 is 5.97 Å². The van der Waals surface area contributed by atoms with Gasteiger partial charge in [0.25, 0.3) is 0 Å². The molecule has 2 nitrogen and oxygen atoms in total. The molecule has 0 spiro atoms. The maximum absolute atomic E-state index is 11.6. The van der Waals surface area contributed by atoms with Gasteiger partial charge in [-0.1, -0.05) is 19.4 Å². The zero-order valence-electron chi connectivity index (χ0n) is 10.7. The van der Waals surface area contributed by atoms with Crippen LogP contribution < -0.4 is 0 Å². The van der Waals surface area contributed by atoms with Crippen LogP contribution in [0.25, 0.3) is 0 Å². The number of esters is 1. The van der Waals surface area contributed by atoms with Crippen molar-refractivity contribution in [1.82, 2.24) is 0 Å². The highest BCUT2D eigenvalue weighted by molar-refractivity contribution is 5.87. The van der Waals surface area contributed by atoms with Crippen LogP contribution in [-0.4, -0.2) is 12.1 Å². The molecule has 94 valence electrons. The fourth-order valence-corrected chi connectivity index (χ4v) is 4.48. The summed E-state index contributed by atoms with van der Waals surface area (Å²) in [5, 5.41) is 0. The normalized spacial score (nSPS) is 43.2. The van der Waals surface area contributed by atoms with E-state index in [1.165, 1.54) is 32.1 Å². The van der Waals surface area contributed by atoms with E-state index in [4.69, 9.17) is 4.74 Å². The number of carbonyl (C=O) groups is 1. The predicted octanol–water partition coefficient (Wildman–Crippen LogP) is 3.32. The van der Waals surface area contributed by atoms with Crippen LogP contribution in [0.4, 0.5) is 0 Å². The first-order valence-electron chi connectivity index (χ1n) is 7.01. The van der Waals surface area contributed by atoms with Crippen LogP contribution in [0, 0.1) is 23.7 Å². The van der Waals surface area contributed by atoms with Gasteiger partial charge >= 0.3 is 5.97 Å². The van der Waals surface area contributed by atoms with Gasteiger partial charge in [0.2, 0.25) is 0 Å². The maximum Gasteiger partial charge on any atom is 0.333 e. The average molecular weight is 234 g/mol. The Morgan fingerprint density at radius 1 is 1.12 bits per heavy atom. The lowest BCUT2D eigenvalue weighted by atomic mass is 9.74. The lowest BCUT2D eigenvalue weighted by molar-refractivity contribution is -0.146. The van der Waals surface area contributed by atoms with Crippen molar-refractivity contribution in [2.75, 3.05) is 0 Å². The minimum Gasteiger partial charge on any atom is -0.459 e. The first-order valence-corrected chi connectivity index (χ1v) is 7.01. The van der Waals surface area contributed by atoms with Crippen molar-refractivity contribution in [2.45, 2.75) is 51.6 Å². The van der Waals surface area contributed by atoms with E-state index < -0.39 is 0 Å². The molecule has 3 aliphatic carbocycles. The molecule has 0 aromatic carbocycles. The standard InChI is InChI=1S/C15H22O2/c1-9(2)15(16)17-14-8-11-7-12(14)6-10-4-3-5-13(10)11/h10-14H,1,3-8H2,2H3. The molecule has 3 saturated carbocycles. The monoisotopic (exact) mass is 234 g/mol. The summed E-state index contributed by atoms with van der Waals surface area (Å²) in [7, 11) is 0. The molecule has 17 heavy (non-hydrogen) atoms. The van der Waals surface area contributed by atoms with Crippen molar-refractivity contribution < 1.29 is 9.53 Å². The van der Waals surface area contributed by atoms with Gasteiger partial charge in [0.05, 0.1) is 0 Å². The van der Waals surface area contributed by atoms with Gasteiger partial charge in [-0.2, -0.15) is 0 Å². The summed E-state index contributed by atoms with van der Waals surface area (Å²) in [6, 6.07) is 0. The quantitative estimate of drug-likeness (QED) is 0.541. The third-order valence-electron chi connectivity index (χ3n) is 5.20. The Morgan fingerprint density at radius 2 is 1.88 bits per heavy atom. The van der Waals surface area contributed by atoms with Crippen LogP contribution in [0.15, 0.2) is 12.2 Å². The molecule has 3 fully saturated rings. The molecule has 0 aromatic heterocycles. The van der Waals surface area contributed by atoms with E-state index in [1.54, 1.807) is 6.92 Å². The Hall–Kier alpha value is -0.790. The predicted molar refractivity (Wildman–Crippen MR) is 66.4 cm³/mol. The fourth-order valence-electron chi connectivity index (χ4n) is 4.48. The molecule has 0 aromatic rings. The summed E-state index contributed by atoms with van der Waals surface area (Å²) in [5.74, 6) is 3.17. The average Bonchev–Trinajstić information content (AvgIpc) is 2.86. The lowest BCUT2D eigenvalue weighted by Crippen LogP contribution is -2.26. The number of carbonyl (C=O) groups excluding carboxylic acids is 1. The van der Waals surface area contributed by atoms with E-state index in [0.29, 0.717) is 11.5 Å². The zero-order valence-corrected chi connectivity index (χ0v) is 10.7. The Balaban J connectivity index is 1.67. The van der Waals surface area contributed by atoms with Crippen LogP contribution in [0.3, 0.4) is 0 Å². The summed E-state index contributed by atoms with van der Waals surface area (Å²) in [4.78, 5) is 11.6. The third kappa shape index (κ3) is 1.92. The molecule has 3 aliphatic rings. The van der Waals surface area contributed by atoms with Gasteiger partial charge in [-0.3, -0.25) is 0 Å². The van der Waals surface area contributed by atoms with E-state index in [-0.39, 0.29) is 12.1 Å². The van der Waals surface area contributed by atoms with Gasteiger partial charge in [-0.05, 0) is 56.3 Å². The highest BCUT2D eigenvalue weighted by Gasteiger charge is 2.49. The van der Waals surface area contributed by atoms with Crippen LogP contribution in [-0.2, 0) is 9.53 Å². The number of ether oxygens (including phenoxy) is 1. The SMILES string of the molecule is C=C(C)C(=O)OC1CC2CC1CC1CCCC12. The number of fused-ring (bicyclic) bond motifs is 4. The second-order valence-electron chi connectivity index (χ2n) is 6.31. The molecule has 0 amide bonds. The molecule has 0 aliphatic heterocycles. The Bertz CT molecular complexity index is 347. The molecule has 3 rings (SSSR count). The molecule has 5 atom stereocenters. The Kier molecular flexibility index (Phi) is 2.76. The number of hydrogen-bond donors (Lipinski definition) is 0. The molecule has 2 heteroatoms. The first-order chi connectivity index (χ1) is 8.15. The van der Waals surface area contributed by atoms with E-state index in [0.717, 1.165) is 24.2 Å². The van der Waals surface area contributed by atoms with E-state index in [9.17, 15) is 4.79 Å². The van der Waals surface area contributed by atoms with Crippen LogP contribution >= 0.6 is 0 Å². The van der Waals surface area contributed by atoms with Gasteiger partial charge in [0.15, 0.2) is 0 Å². The molecule has 0 heterocycles. The maximum atomic E-state index is 11.6. The van der Waals surface area contributed by atoms with E-state index >= 15 is 0 Å². The summed E-state index contributed by atoms with van der Waals surface area (Å²) < 4.78 is 5.61. The van der Waals surface area contributed by atoms with Crippen molar-refractivity contribution in [3.05, 3.63) is 12.2 Å². The smallest absolute Gasteiger partial charge is 0.333 e. The van der Waals surface area contributed by atoms with Gasteiger partial charge in [-0.25, -0.2) is 4.79 Å². The molecule has 5 unspecified atom stereocenters. The second-order valence-corrected chi connectivity index (χ2v) is 6.31. The van der Waals surface area contributed by atoms with Crippen molar-refractivity contribution in [2.24, 2.45) is 23.7 Å². The Morgan fingerprint density at radius 3 is 2.65 bits per heavy atom. The van der Waals surface area contributed by atoms with E-state index in [1.807, 2.05) is 0 Å². The summed E-state index contributed by atoms with van der Waals surface area (Å²) >= 11 is 0. The van der Waals surface area contributed by atoms with Crippen LogP contribution in [0.2, 0.25) is 0 Å². The van der Waals surface area contributed by atoms with Gasteiger partial charge < -0.3 is 4.74 Å². The largest absolute Gasteiger partial charge is 0.459 e. The van der Waals surface area contributed by atoms with Crippen molar-refractivity contribution in [3.8, 4) is 0 Å². The Labute approximate surface area is 103 Å². The van der Waals surface area contributed by atoms with Crippen molar-refractivity contribution in [1.29, 1.82) is 0 Å². The van der Waals surface area contributed by atoms with Gasteiger partial charge in [0, 0.05) is 5.57 Å². The fraction of sp³-hybridized carbons (Fsp3) is 0.800. The van der Waals surface area contributed by atoms with E-state index in [2.05, 4.69) is 6.58 Å². The van der Waals surface area contributed by atoms with Gasteiger partial charge in [-0.15, -0.1) is 0 Å². The molecular formula is C15H22O2. The highest BCUT2D eigenvalue weighted by Crippen LogP contribution is 2.55. The highest BCUT2D eigenvalue weighted by atomic mass is 16.5. The molecule has 0 radical (unpaired) electrons. The molecule has 0 saturated heterocycles. The minimum absolute atomic E-state index is 0.187. The first kappa shape index (κ1) is 11.3.